The second-order valence-electron chi connectivity index (χ2n) is 8.36. The molecule has 4 rings (SSSR count). The fraction of sp³-hybridized carbons (Fsp3) is 0.810. The molecule has 0 heterocycles. The van der Waals surface area contributed by atoms with E-state index >= 15 is 0 Å². The zero-order chi connectivity index (χ0) is 14.4. The quantitative estimate of drug-likeness (QED) is 0.401. The summed E-state index contributed by atoms with van der Waals surface area (Å²) >= 11 is 0. The summed E-state index contributed by atoms with van der Waals surface area (Å²) in [6, 6.07) is 0. The Hall–Kier alpha value is -0.700. The lowest BCUT2D eigenvalue weighted by atomic mass is 9.51. The van der Waals surface area contributed by atoms with E-state index in [-0.39, 0.29) is 0 Å². The first-order valence-electron chi connectivity index (χ1n) is 9.35. The zero-order valence-corrected chi connectivity index (χ0v) is 13.8. The molecule has 21 heavy (non-hydrogen) atoms. The fourth-order valence-corrected chi connectivity index (χ4v) is 6.71. The summed E-state index contributed by atoms with van der Waals surface area (Å²) in [6.07, 6.45) is 15.6. The Morgan fingerprint density at radius 1 is 1.10 bits per heavy atom. The SMILES string of the molecule is CC#C[C@@H]1CC[C@H]2[C@@H]3CCC4=CCCC[C@@H]4[C@H]3CC[C@]12C. The van der Waals surface area contributed by atoms with E-state index in [1.54, 1.807) is 0 Å². The van der Waals surface area contributed by atoms with Gasteiger partial charge in [-0.05, 0) is 93.8 Å². The summed E-state index contributed by atoms with van der Waals surface area (Å²) in [4.78, 5) is 0. The Labute approximate surface area is 130 Å². The van der Waals surface area contributed by atoms with Crippen LogP contribution in [-0.2, 0) is 0 Å². The van der Waals surface area contributed by atoms with Gasteiger partial charge in [-0.25, -0.2) is 0 Å². The summed E-state index contributed by atoms with van der Waals surface area (Å²) in [6.45, 7) is 4.62. The van der Waals surface area contributed by atoms with Crippen LogP contribution in [0.5, 0.6) is 0 Å². The molecular weight excluding hydrogens is 252 g/mol. The van der Waals surface area contributed by atoms with Crippen molar-refractivity contribution in [1.29, 1.82) is 0 Å². The van der Waals surface area contributed by atoms with Crippen molar-refractivity contribution in [3.05, 3.63) is 11.6 Å². The Kier molecular flexibility index (Phi) is 3.44. The van der Waals surface area contributed by atoms with Crippen LogP contribution >= 0.6 is 0 Å². The van der Waals surface area contributed by atoms with E-state index in [1.165, 1.54) is 57.8 Å². The van der Waals surface area contributed by atoms with Gasteiger partial charge in [0.25, 0.3) is 0 Å². The van der Waals surface area contributed by atoms with Gasteiger partial charge in [0.05, 0.1) is 0 Å². The van der Waals surface area contributed by atoms with Crippen LogP contribution in [-0.4, -0.2) is 0 Å². The molecule has 0 amide bonds. The molecule has 6 atom stereocenters. The zero-order valence-electron chi connectivity index (χ0n) is 13.8. The van der Waals surface area contributed by atoms with Gasteiger partial charge >= 0.3 is 0 Å². The third kappa shape index (κ3) is 2.03. The van der Waals surface area contributed by atoms with E-state index in [0.717, 1.165) is 23.7 Å². The summed E-state index contributed by atoms with van der Waals surface area (Å²) < 4.78 is 0. The number of rotatable bonds is 0. The lowest BCUT2D eigenvalue weighted by Crippen LogP contribution is -2.45. The topological polar surface area (TPSA) is 0 Å². The van der Waals surface area contributed by atoms with Gasteiger partial charge in [0, 0.05) is 5.92 Å². The van der Waals surface area contributed by atoms with E-state index in [4.69, 9.17) is 0 Å². The maximum Gasteiger partial charge on any atom is 0.0259 e. The van der Waals surface area contributed by atoms with Gasteiger partial charge in [-0.15, -0.1) is 5.92 Å². The first-order chi connectivity index (χ1) is 10.2. The van der Waals surface area contributed by atoms with Crippen molar-refractivity contribution in [3.63, 3.8) is 0 Å². The highest BCUT2D eigenvalue weighted by molar-refractivity contribution is 5.20. The highest BCUT2D eigenvalue weighted by Gasteiger charge is 2.55. The molecule has 0 nitrogen and oxygen atoms in total. The van der Waals surface area contributed by atoms with Crippen LogP contribution in [0.1, 0.15) is 71.6 Å². The van der Waals surface area contributed by atoms with E-state index in [0.29, 0.717) is 11.3 Å². The molecule has 0 aromatic heterocycles. The van der Waals surface area contributed by atoms with Crippen LogP contribution in [0.4, 0.5) is 0 Å². The van der Waals surface area contributed by atoms with Gasteiger partial charge < -0.3 is 0 Å². The first-order valence-corrected chi connectivity index (χ1v) is 9.35. The number of fused-ring (bicyclic) bond motifs is 5. The molecule has 0 heteroatoms. The van der Waals surface area contributed by atoms with Crippen LogP contribution < -0.4 is 0 Å². The first kappa shape index (κ1) is 13.9. The van der Waals surface area contributed by atoms with Gasteiger partial charge in [0.2, 0.25) is 0 Å². The van der Waals surface area contributed by atoms with Crippen molar-refractivity contribution < 1.29 is 0 Å². The number of hydrogen-bond acceptors (Lipinski definition) is 0. The average molecular weight is 282 g/mol. The van der Waals surface area contributed by atoms with E-state index in [2.05, 4.69) is 24.8 Å². The summed E-state index contributed by atoms with van der Waals surface area (Å²) in [7, 11) is 0. The molecule has 0 saturated heterocycles. The molecule has 0 spiro atoms. The molecule has 4 aliphatic rings. The smallest absolute Gasteiger partial charge is 0.0259 e. The van der Waals surface area contributed by atoms with E-state index < -0.39 is 0 Å². The summed E-state index contributed by atoms with van der Waals surface area (Å²) in [5, 5.41) is 0. The predicted octanol–water partition coefficient (Wildman–Crippen LogP) is 5.59. The van der Waals surface area contributed by atoms with Crippen LogP contribution in [0.15, 0.2) is 11.6 Å². The Morgan fingerprint density at radius 3 is 2.86 bits per heavy atom. The van der Waals surface area contributed by atoms with Gasteiger partial charge in [-0.3, -0.25) is 0 Å². The molecule has 3 fully saturated rings. The monoisotopic (exact) mass is 282 g/mol. The van der Waals surface area contributed by atoms with Crippen molar-refractivity contribution in [3.8, 4) is 11.8 Å². The van der Waals surface area contributed by atoms with Crippen LogP contribution in [0.25, 0.3) is 0 Å². The van der Waals surface area contributed by atoms with E-state index in [9.17, 15) is 0 Å². The molecule has 0 N–H and O–H groups in total. The largest absolute Gasteiger partial charge is 0.106 e. The van der Waals surface area contributed by atoms with Crippen molar-refractivity contribution in [2.75, 3.05) is 0 Å². The van der Waals surface area contributed by atoms with Gasteiger partial charge in [0.1, 0.15) is 0 Å². The van der Waals surface area contributed by atoms with Crippen molar-refractivity contribution in [2.24, 2.45) is 35.0 Å². The van der Waals surface area contributed by atoms with Crippen molar-refractivity contribution >= 4 is 0 Å². The van der Waals surface area contributed by atoms with Gasteiger partial charge in [-0.2, -0.15) is 0 Å². The standard InChI is InChI=1S/C21H30/c1-3-6-16-10-12-20-19-11-9-15-7-4-5-8-17(15)18(19)13-14-21(16,20)2/h7,16-20H,4-5,8-14H2,1-2H3/t16-,17+,18-,19-,20+,21-/m1/s1. The highest BCUT2D eigenvalue weighted by Crippen LogP contribution is 2.63. The molecule has 0 radical (unpaired) electrons. The van der Waals surface area contributed by atoms with Crippen LogP contribution in [0.3, 0.4) is 0 Å². The maximum atomic E-state index is 3.57. The minimum absolute atomic E-state index is 0.542. The minimum Gasteiger partial charge on any atom is -0.106 e. The molecule has 0 aliphatic heterocycles. The predicted molar refractivity (Wildman–Crippen MR) is 88.6 cm³/mol. The molecule has 0 unspecified atom stereocenters. The Morgan fingerprint density at radius 2 is 2.00 bits per heavy atom. The fourth-order valence-electron chi connectivity index (χ4n) is 6.71. The highest BCUT2D eigenvalue weighted by atomic mass is 14.6. The average Bonchev–Trinajstić information content (AvgIpc) is 2.84. The molecule has 0 aromatic rings. The molecule has 0 aromatic carbocycles. The minimum atomic E-state index is 0.542. The van der Waals surface area contributed by atoms with Gasteiger partial charge in [-0.1, -0.05) is 24.5 Å². The number of hydrogen-bond donors (Lipinski definition) is 0. The van der Waals surface area contributed by atoms with E-state index in [1.807, 2.05) is 12.5 Å². The van der Waals surface area contributed by atoms with Crippen molar-refractivity contribution in [2.45, 2.75) is 71.6 Å². The maximum absolute atomic E-state index is 3.57. The number of allylic oxidation sites excluding steroid dienone is 2. The van der Waals surface area contributed by atoms with Crippen LogP contribution in [0, 0.1) is 46.8 Å². The third-order valence-electron chi connectivity index (χ3n) is 7.70. The molecule has 114 valence electrons. The Balaban J connectivity index is 1.61. The van der Waals surface area contributed by atoms with Gasteiger partial charge in [0.15, 0.2) is 0 Å². The third-order valence-corrected chi connectivity index (χ3v) is 7.70. The summed E-state index contributed by atoms with van der Waals surface area (Å²) in [5.74, 6) is 11.5. The molecule has 4 aliphatic carbocycles. The molecular formula is C21H30. The van der Waals surface area contributed by atoms with Crippen molar-refractivity contribution in [1.82, 2.24) is 0 Å². The molecule has 0 bridgehead atoms. The second kappa shape index (κ2) is 5.19. The van der Waals surface area contributed by atoms with Crippen LogP contribution in [0.2, 0.25) is 0 Å². The second-order valence-corrected chi connectivity index (χ2v) is 8.36. The Bertz CT molecular complexity index is 502. The normalized spacial score (nSPS) is 48.3. The molecule has 3 saturated carbocycles. The lowest BCUT2D eigenvalue weighted by molar-refractivity contribution is -0.0121. The lowest BCUT2D eigenvalue weighted by Gasteiger charge is -2.53. The summed E-state index contributed by atoms with van der Waals surface area (Å²) in [5.41, 5.74) is 2.40.